The molecule has 1 heterocycles. The van der Waals surface area contributed by atoms with E-state index in [1.165, 1.54) is 18.6 Å². The number of rotatable bonds is 8. The van der Waals surface area contributed by atoms with Crippen molar-refractivity contribution in [3.63, 3.8) is 0 Å². The van der Waals surface area contributed by atoms with E-state index < -0.39 is 53.4 Å². The zero-order valence-corrected chi connectivity index (χ0v) is 16.4. The molecule has 0 aromatic heterocycles. The predicted octanol–water partition coefficient (Wildman–Crippen LogP) is 1.09. The molecular weight excluding hydrogens is 405 g/mol. The van der Waals surface area contributed by atoms with Crippen LogP contribution in [-0.4, -0.2) is 45.9 Å². The molecule has 6 N–H and O–H groups in total. The van der Waals surface area contributed by atoms with E-state index in [4.69, 9.17) is 16.2 Å². The van der Waals surface area contributed by atoms with Gasteiger partial charge in [0.25, 0.3) is 0 Å². The summed E-state index contributed by atoms with van der Waals surface area (Å²) in [6.45, 7) is 1.61. The monoisotopic (exact) mass is 431 g/mol. The fraction of sp³-hybridized carbons (Fsp3) is 0.550. The third kappa shape index (κ3) is 6.16. The van der Waals surface area contributed by atoms with Gasteiger partial charge in [-0.1, -0.05) is 18.2 Å². The molecule has 10 heteroatoms. The molecule has 0 saturated carbocycles. The second-order valence-corrected chi connectivity index (χ2v) is 7.75. The number of ether oxygens (including phenoxy) is 1. The number of halogens is 3. The quantitative estimate of drug-likeness (QED) is 0.489. The molecule has 167 valence electrons. The van der Waals surface area contributed by atoms with E-state index >= 15 is 0 Å². The summed E-state index contributed by atoms with van der Waals surface area (Å²) in [6.07, 6.45) is -6.55. The van der Waals surface area contributed by atoms with Crippen LogP contribution in [0.1, 0.15) is 37.3 Å². The van der Waals surface area contributed by atoms with Gasteiger partial charge in [0.2, 0.25) is 11.8 Å². The predicted molar refractivity (Wildman–Crippen MR) is 100 cm³/mol. The molecule has 1 fully saturated rings. The Balaban J connectivity index is 2.06. The third-order valence-corrected chi connectivity index (χ3v) is 5.24. The lowest BCUT2D eigenvalue weighted by Crippen LogP contribution is -2.56. The van der Waals surface area contributed by atoms with E-state index in [9.17, 15) is 33.0 Å². The Morgan fingerprint density at radius 3 is 2.57 bits per heavy atom. The van der Waals surface area contributed by atoms with Crippen molar-refractivity contribution >= 4 is 11.8 Å². The number of alkyl halides is 3. The van der Waals surface area contributed by atoms with E-state index in [0.717, 1.165) is 12.1 Å². The maximum Gasteiger partial charge on any atom is 0.416 e. The minimum atomic E-state index is -4.48. The van der Waals surface area contributed by atoms with Crippen molar-refractivity contribution in [2.45, 2.75) is 62.7 Å². The molecule has 7 nitrogen and oxygen atoms in total. The summed E-state index contributed by atoms with van der Waals surface area (Å²) in [6, 6.07) is 4.66. The Kier molecular flexibility index (Phi) is 7.49. The van der Waals surface area contributed by atoms with E-state index in [0.29, 0.717) is 5.56 Å². The molecular formula is C20H26F3N2O5. The first kappa shape index (κ1) is 24.1. The van der Waals surface area contributed by atoms with Gasteiger partial charge in [0, 0.05) is 12.8 Å². The van der Waals surface area contributed by atoms with Crippen LogP contribution in [0.15, 0.2) is 24.3 Å². The normalized spacial score (nSPS) is 26.7. The van der Waals surface area contributed by atoms with Gasteiger partial charge in [-0.2, -0.15) is 13.2 Å². The van der Waals surface area contributed by atoms with E-state index in [1.54, 1.807) is 6.92 Å². The molecule has 0 bridgehead atoms. The first-order valence-electron chi connectivity index (χ1n) is 9.46. The van der Waals surface area contributed by atoms with Crippen LogP contribution in [0.5, 0.6) is 0 Å². The van der Waals surface area contributed by atoms with Crippen LogP contribution in [-0.2, 0) is 26.9 Å². The first-order chi connectivity index (χ1) is 13.8. The van der Waals surface area contributed by atoms with Crippen molar-refractivity contribution in [3.05, 3.63) is 41.8 Å². The smallest absolute Gasteiger partial charge is 0.393 e. The van der Waals surface area contributed by atoms with Gasteiger partial charge in [-0.05, 0) is 37.8 Å². The van der Waals surface area contributed by atoms with Gasteiger partial charge >= 0.3 is 6.18 Å². The van der Waals surface area contributed by atoms with Crippen molar-refractivity contribution in [2.75, 3.05) is 0 Å². The molecule has 1 aliphatic heterocycles. The molecule has 0 spiro atoms. The summed E-state index contributed by atoms with van der Waals surface area (Å²) in [7, 11) is 0. The third-order valence-electron chi connectivity index (χ3n) is 5.24. The minimum absolute atomic E-state index is 0.00470. The molecule has 0 aliphatic carbocycles. The van der Waals surface area contributed by atoms with Crippen LogP contribution in [0.2, 0.25) is 0 Å². The van der Waals surface area contributed by atoms with Crippen LogP contribution in [0.4, 0.5) is 13.2 Å². The topological polar surface area (TPSA) is 136 Å². The lowest BCUT2D eigenvalue weighted by molar-refractivity contribution is -0.177. The Hall–Kier alpha value is -2.17. The Bertz CT molecular complexity index is 773. The van der Waals surface area contributed by atoms with Crippen LogP contribution < -0.4 is 11.5 Å². The summed E-state index contributed by atoms with van der Waals surface area (Å²) in [5, 5.41) is 21.3. The molecule has 5 unspecified atom stereocenters. The largest absolute Gasteiger partial charge is 0.416 e. The molecule has 1 aliphatic rings. The summed E-state index contributed by atoms with van der Waals surface area (Å²) in [5.41, 5.74) is 8.50. The van der Waals surface area contributed by atoms with Gasteiger partial charge in [-0.15, -0.1) is 0 Å². The number of amides is 2. The van der Waals surface area contributed by atoms with Gasteiger partial charge in [0.1, 0.15) is 6.10 Å². The fourth-order valence-corrected chi connectivity index (χ4v) is 3.82. The lowest BCUT2D eigenvalue weighted by Gasteiger charge is -2.43. The second kappa shape index (κ2) is 9.32. The average Bonchev–Trinajstić information content (AvgIpc) is 2.63. The highest BCUT2D eigenvalue weighted by Gasteiger charge is 2.48. The maximum atomic E-state index is 12.8. The Labute approximate surface area is 172 Å². The van der Waals surface area contributed by atoms with Crippen LogP contribution in [0, 0.1) is 12.3 Å². The number of hydrogen-bond acceptors (Lipinski definition) is 5. The highest BCUT2D eigenvalue weighted by molar-refractivity contribution is 5.80. The number of aliphatic hydroxyl groups is 2. The van der Waals surface area contributed by atoms with Crippen LogP contribution in [0.25, 0.3) is 0 Å². The van der Waals surface area contributed by atoms with Gasteiger partial charge in [0.05, 0.1) is 29.3 Å². The number of nitrogens with two attached hydrogens (primary N) is 2. The number of carbonyl (C=O) groups is 2. The van der Waals surface area contributed by atoms with Crippen molar-refractivity contribution in [2.24, 2.45) is 17.4 Å². The molecule has 2 rings (SSSR count). The zero-order chi connectivity index (χ0) is 22.7. The van der Waals surface area contributed by atoms with Crippen LogP contribution >= 0.6 is 0 Å². The fourth-order valence-electron chi connectivity index (χ4n) is 3.82. The highest BCUT2D eigenvalue weighted by Crippen LogP contribution is 2.37. The second-order valence-electron chi connectivity index (χ2n) is 7.75. The Morgan fingerprint density at radius 1 is 1.33 bits per heavy atom. The molecule has 30 heavy (non-hydrogen) atoms. The standard InChI is InChI=1S/C20H26F3N2O5/c1-11-9-19(29,10-16(30-11)18(25)28)15(17(24)27)8-14(26)6-5-12-3-2-4-13(7-12)20(21,22)23/h2-4,6-7,11,14-16,26,29H,5,8-10H2,1H3,(H2,24,27)(H2,25,28). The highest BCUT2D eigenvalue weighted by atomic mass is 19.4. The molecule has 1 aromatic rings. The first-order valence-corrected chi connectivity index (χ1v) is 9.46. The molecule has 1 radical (unpaired) electrons. The van der Waals surface area contributed by atoms with Gasteiger partial charge in [-0.3, -0.25) is 9.59 Å². The molecule has 1 aromatic carbocycles. The SMILES string of the molecule is CC1CC(O)(C(CC(O)[CH]Cc2cccc(C(F)(F)F)c2)C(N)=O)CC(C(N)=O)O1. The summed E-state index contributed by atoms with van der Waals surface area (Å²) in [5.74, 6) is -2.88. The molecule has 5 atom stereocenters. The number of aliphatic hydroxyl groups excluding tert-OH is 1. The summed E-state index contributed by atoms with van der Waals surface area (Å²) in [4.78, 5) is 23.5. The van der Waals surface area contributed by atoms with Crippen molar-refractivity contribution < 1.29 is 37.7 Å². The maximum absolute atomic E-state index is 12.8. The molecule has 2 amide bonds. The lowest BCUT2D eigenvalue weighted by atomic mass is 9.74. The van der Waals surface area contributed by atoms with Crippen LogP contribution in [0.3, 0.4) is 0 Å². The zero-order valence-electron chi connectivity index (χ0n) is 16.4. The summed E-state index contributed by atoms with van der Waals surface area (Å²) < 4.78 is 43.8. The Morgan fingerprint density at radius 2 is 2.00 bits per heavy atom. The summed E-state index contributed by atoms with van der Waals surface area (Å²) >= 11 is 0. The molecule has 1 saturated heterocycles. The number of primary amides is 2. The average molecular weight is 431 g/mol. The van der Waals surface area contributed by atoms with E-state index in [1.807, 2.05) is 0 Å². The number of benzene rings is 1. The number of carbonyl (C=O) groups excluding carboxylic acids is 2. The van der Waals surface area contributed by atoms with Crippen molar-refractivity contribution in [1.29, 1.82) is 0 Å². The van der Waals surface area contributed by atoms with E-state index in [2.05, 4.69) is 0 Å². The van der Waals surface area contributed by atoms with E-state index in [-0.39, 0.29) is 25.7 Å². The minimum Gasteiger partial charge on any atom is -0.393 e. The number of hydrogen-bond donors (Lipinski definition) is 4. The van der Waals surface area contributed by atoms with Crippen molar-refractivity contribution in [1.82, 2.24) is 0 Å². The van der Waals surface area contributed by atoms with Gasteiger partial charge < -0.3 is 26.4 Å². The van der Waals surface area contributed by atoms with Gasteiger partial charge in [0.15, 0.2) is 0 Å². The van der Waals surface area contributed by atoms with Crippen molar-refractivity contribution in [3.8, 4) is 0 Å². The van der Waals surface area contributed by atoms with Gasteiger partial charge in [-0.25, -0.2) is 0 Å².